The van der Waals surface area contributed by atoms with Gasteiger partial charge in [0.25, 0.3) is 5.88 Å². The molecule has 2 rings (SSSR count). The lowest BCUT2D eigenvalue weighted by atomic mass is 10.1. The van der Waals surface area contributed by atoms with Crippen molar-refractivity contribution in [3.63, 3.8) is 0 Å². The fraction of sp³-hybridized carbons (Fsp3) is 0.211. The summed E-state index contributed by atoms with van der Waals surface area (Å²) in [5.41, 5.74) is 0.386. The van der Waals surface area contributed by atoms with Crippen LogP contribution in [-0.4, -0.2) is 28.9 Å². The average molecular weight is 422 g/mol. The summed E-state index contributed by atoms with van der Waals surface area (Å²) in [7, 11) is 0. The summed E-state index contributed by atoms with van der Waals surface area (Å²) >= 11 is 5.92. The number of ether oxygens (including phenoxy) is 4. The molecule has 0 bridgehead atoms. The third kappa shape index (κ3) is 5.76. The molecule has 152 valence electrons. The number of carbonyl (C=O) groups excluding carboxylic acids is 4. The van der Waals surface area contributed by atoms with Crippen LogP contribution >= 0.6 is 11.6 Å². The van der Waals surface area contributed by atoms with E-state index in [1.54, 1.807) is 12.1 Å². The monoisotopic (exact) mass is 421 g/mol. The first-order chi connectivity index (χ1) is 13.6. The maximum Gasteiger partial charge on any atom is 0.309 e. The van der Waals surface area contributed by atoms with Crippen LogP contribution in [0.4, 0.5) is 0 Å². The van der Waals surface area contributed by atoms with Gasteiger partial charge in [-0.25, -0.2) is 0 Å². The van der Waals surface area contributed by atoms with Gasteiger partial charge in [0.1, 0.15) is 0 Å². The third-order valence-corrected chi connectivity index (χ3v) is 3.40. The van der Waals surface area contributed by atoms with Gasteiger partial charge in [0.2, 0.25) is 11.6 Å². The van der Waals surface area contributed by atoms with Crippen molar-refractivity contribution >= 4 is 35.5 Å². The van der Waals surface area contributed by atoms with Gasteiger partial charge in [-0.05, 0) is 17.7 Å². The van der Waals surface area contributed by atoms with Gasteiger partial charge in [0.05, 0.1) is 5.56 Å². The van der Waals surface area contributed by atoms with E-state index in [0.29, 0.717) is 10.6 Å². The van der Waals surface area contributed by atoms with Gasteiger partial charge in [0.15, 0.2) is 5.75 Å². The standard InChI is InChI=1S/C19H16ClNO8/c1-9(22)26-16-15(13-5-7-14(20)8-6-13)18(28-11(3)24)21-19(29-12(4)25)17(16)27-10(2)23/h5-8H,1-4H3. The predicted molar refractivity (Wildman–Crippen MR) is 99.9 cm³/mol. The Balaban J connectivity index is 2.92. The molecule has 0 amide bonds. The molecule has 2 aromatic rings. The number of hydrogen-bond acceptors (Lipinski definition) is 9. The number of pyridine rings is 1. The summed E-state index contributed by atoms with van der Waals surface area (Å²) in [4.78, 5) is 50.4. The molecule has 1 aromatic carbocycles. The number of rotatable bonds is 5. The van der Waals surface area contributed by atoms with Crippen molar-refractivity contribution in [2.24, 2.45) is 0 Å². The molecule has 1 aromatic heterocycles. The van der Waals surface area contributed by atoms with E-state index in [-0.39, 0.29) is 17.2 Å². The van der Waals surface area contributed by atoms with Crippen molar-refractivity contribution in [3.05, 3.63) is 29.3 Å². The van der Waals surface area contributed by atoms with Crippen molar-refractivity contribution in [3.8, 4) is 34.4 Å². The SMILES string of the molecule is CC(=O)Oc1nc(OC(C)=O)c(-c2ccc(Cl)cc2)c(OC(C)=O)c1OC(C)=O. The summed E-state index contributed by atoms with van der Waals surface area (Å²) in [6, 6.07) is 6.17. The van der Waals surface area contributed by atoms with E-state index in [0.717, 1.165) is 27.7 Å². The Morgan fingerprint density at radius 3 is 1.62 bits per heavy atom. The van der Waals surface area contributed by atoms with Gasteiger partial charge in [-0.3, -0.25) is 19.2 Å². The Labute approximate surface area is 170 Å². The van der Waals surface area contributed by atoms with E-state index < -0.39 is 35.5 Å². The second kappa shape index (κ2) is 9.16. The molecule has 9 nitrogen and oxygen atoms in total. The number of esters is 4. The normalized spacial score (nSPS) is 10.1. The smallest absolute Gasteiger partial charge is 0.309 e. The number of nitrogens with zero attached hydrogens (tertiary/aromatic N) is 1. The number of carbonyl (C=O) groups is 4. The molecule has 0 aliphatic heterocycles. The van der Waals surface area contributed by atoms with Crippen LogP contribution in [0.2, 0.25) is 5.02 Å². The molecule has 0 unspecified atom stereocenters. The van der Waals surface area contributed by atoms with Crippen LogP contribution in [0, 0.1) is 0 Å². The fourth-order valence-electron chi connectivity index (χ4n) is 2.27. The molecule has 1 heterocycles. The lowest BCUT2D eigenvalue weighted by Crippen LogP contribution is -2.14. The largest absolute Gasteiger partial charge is 0.422 e. The van der Waals surface area contributed by atoms with Crippen molar-refractivity contribution in [2.75, 3.05) is 0 Å². The van der Waals surface area contributed by atoms with Crippen molar-refractivity contribution in [2.45, 2.75) is 27.7 Å². The Bertz CT molecular complexity index is 985. The Morgan fingerprint density at radius 1 is 0.690 bits per heavy atom. The van der Waals surface area contributed by atoms with Crippen molar-refractivity contribution in [1.82, 2.24) is 4.98 Å². The summed E-state index contributed by atoms with van der Waals surface area (Å²) < 4.78 is 20.4. The second-order valence-corrected chi connectivity index (χ2v) is 6.07. The highest BCUT2D eigenvalue weighted by Crippen LogP contribution is 2.48. The molecule has 0 aliphatic rings. The molecule has 0 aliphatic carbocycles. The van der Waals surface area contributed by atoms with Crippen LogP contribution in [0.1, 0.15) is 27.7 Å². The maximum absolute atomic E-state index is 11.7. The zero-order valence-electron chi connectivity index (χ0n) is 15.9. The first-order valence-corrected chi connectivity index (χ1v) is 8.54. The van der Waals surface area contributed by atoms with E-state index in [4.69, 9.17) is 30.5 Å². The van der Waals surface area contributed by atoms with Crippen LogP contribution < -0.4 is 18.9 Å². The summed E-state index contributed by atoms with van der Waals surface area (Å²) in [6.45, 7) is 4.42. The highest BCUT2D eigenvalue weighted by atomic mass is 35.5. The zero-order chi connectivity index (χ0) is 21.7. The number of aromatic nitrogens is 1. The van der Waals surface area contributed by atoms with Gasteiger partial charge in [-0.15, -0.1) is 0 Å². The Morgan fingerprint density at radius 2 is 1.14 bits per heavy atom. The fourth-order valence-corrected chi connectivity index (χ4v) is 2.39. The molecule has 0 atom stereocenters. The van der Waals surface area contributed by atoms with Crippen molar-refractivity contribution < 1.29 is 38.1 Å². The van der Waals surface area contributed by atoms with E-state index in [2.05, 4.69) is 4.98 Å². The van der Waals surface area contributed by atoms with Gasteiger partial charge in [-0.1, -0.05) is 23.7 Å². The minimum absolute atomic E-state index is 0.0132. The first kappa shape index (κ1) is 21.8. The first-order valence-electron chi connectivity index (χ1n) is 8.16. The summed E-state index contributed by atoms with van der Waals surface area (Å²) in [5, 5.41) is 0.418. The molecule has 0 spiro atoms. The molecule has 0 fully saturated rings. The van der Waals surface area contributed by atoms with Gasteiger partial charge in [-0.2, -0.15) is 4.98 Å². The van der Waals surface area contributed by atoms with E-state index >= 15 is 0 Å². The summed E-state index contributed by atoms with van der Waals surface area (Å²) in [6.07, 6.45) is 0. The molecule has 0 saturated carbocycles. The van der Waals surface area contributed by atoms with Crippen LogP contribution in [-0.2, 0) is 19.2 Å². The van der Waals surface area contributed by atoms with E-state index in [1.807, 2.05) is 0 Å². The molecule has 0 saturated heterocycles. The number of benzene rings is 1. The average Bonchev–Trinajstić information content (AvgIpc) is 2.57. The maximum atomic E-state index is 11.7. The second-order valence-electron chi connectivity index (χ2n) is 5.64. The number of halogens is 1. The molecule has 0 radical (unpaired) electrons. The molecule has 0 N–H and O–H groups in total. The lowest BCUT2D eigenvalue weighted by molar-refractivity contribution is -0.135. The quantitative estimate of drug-likeness (QED) is 0.670. The molecule has 10 heteroatoms. The van der Waals surface area contributed by atoms with E-state index in [9.17, 15) is 19.2 Å². The summed E-state index contributed by atoms with van der Waals surface area (Å²) in [5.74, 6) is -4.70. The molecule has 29 heavy (non-hydrogen) atoms. The van der Waals surface area contributed by atoms with Gasteiger partial charge < -0.3 is 18.9 Å². The molecular weight excluding hydrogens is 406 g/mol. The molecular formula is C19H16ClNO8. The zero-order valence-corrected chi connectivity index (χ0v) is 16.7. The highest BCUT2D eigenvalue weighted by molar-refractivity contribution is 6.30. The Hall–Kier alpha value is -3.46. The van der Waals surface area contributed by atoms with Crippen molar-refractivity contribution in [1.29, 1.82) is 0 Å². The van der Waals surface area contributed by atoms with Crippen LogP contribution in [0.15, 0.2) is 24.3 Å². The van der Waals surface area contributed by atoms with Crippen LogP contribution in [0.5, 0.6) is 23.3 Å². The minimum Gasteiger partial charge on any atom is -0.422 e. The van der Waals surface area contributed by atoms with Crippen LogP contribution in [0.25, 0.3) is 11.1 Å². The van der Waals surface area contributed by atoms with Crippen LogP contribution in [0.3, 0.4) is 0 Å². The third-order valence-electron chi connectivity index (χ3n) is 3.15. The van der Waals surface area contributed by atoms with Gasteiger partial charge in [0, 0.05) is 32.7 Å². The van der Waals surface area contributed by atoms with Gasteiger partial charge >= 0.3 is 23.9 Å². The van der Waals surface area contributed by atoms with E-state index in [1.165, 1.54) is 12.1 Å². The lowest BCUT2D eigenvalue weighted by Gasteiger charge is -2.18. The minimum atomic E-state index is -0.798. The Kier molecular flexibility index (Phi) is 6.89. The highest BCUT2D eigenvalue weighted by Gasteiger charge is 2.29. The topological polar surface area (TPSA) is 118 Å². The predicted octanol–water partition coefficient (Wildman–Crippen LogP) is 3.10. The number of hydrogen-bond donors (Lipinski definition) is 0.